The molecule has 118 valence electrons. The van der Waals surface area contributed by atoms with Gasteiger partial charge in [-0.2, -0.15) is 0 Å². The maximum absolute atomic E-state index is 11.9. The lowest BCUT2D eigenvalue weighted by Gasteiger charge is -2.28. The summed E-state index contributed by atoms with van der Waals surface area (Å²) in [4.78, 5) is 36.0. The van der Waals surface area contributed by atoms with Crippen molar-refractivity contribution in [3.05, 3.63) is 0 Å². The summed E-state index contributed by atoms with van der Waals surface area (Å²) < 4.78 is 0. The van der Waals surface area contributed by atoms with Crippen LogP contribution in [0.3, 0.4) is 0 Å². The van der Waals surface area contributed by atoms with Crippen molar-refractivity contribution in [1.82, 2.24) is 15.5 Å². The fourth-order valence-corrected chi connectivity index (χ4v) is 3.08. The van der Waals surface area contributed by atoms with E-state index in [-0.39, 0.29) is 17.7 Å². The zero-order valence-corrected chi connectivity index (χ0v) is 12.7. The molecule has 2 unspecified atom stereocenters. The zero-order valence-electron chi connectivity index (χ0n) is 12.7. The summed E-state index contributed by atoms with van der Waals surface area (Å²) in [5, 5.41) is 6.18. The molecule has 0 aromatic rings. The molecule has 6 heteroatoms. The number of piperidine rings is 1. The van der Waals surface area contributed by atoms with Gasteiger partial charge in [0.15, 0.2) is 0 Å². The van der Waals surface area contributed by atoms with Gasteiger partial charge in [0.1, 0.15) is 0 Å². The molecular weight excluding hydrogens is 270 g/mol. The molecule has 2 fully saturated rings. The number of carbonyl (C=O) groups is 3. The molecule has 0 bridgehead atoms. The highest BCUT2D eigenvalue weighted by Gasteiger charge is 2.28. The minimum atomic E-state index is -0.129. The number of carbonyl (C=O) groups excluding carboxylic acids is 3. The first-order valence-electron chi connectivity index (χ1n) is 7.88. The second kappa shape index (κ2) is 7.54. The monoisotopic (exact) mass is 295 g/mol. The largest absolute Gasteiger partial charge is 0.354 e. The molecule has 2 atom stereocenters. The Hall–Kier alpha value is -1.43. The Labute approximate surface area is 125 Å². The number of imide groups is 1. The van der Waals surface area contributed by atoms with Gasteiger partial charge in [-0.3, -0.25) is 19.3 Å². The van der Waals surface area contributed by atoms with Gasteiger partial charge in [0, 0.05) is 32.4 Å². The molecule has 2 aliphatic rings. The molecule has 2 rings (SSSR count). The van der Waals surface area contributed by atoms with Crippen LogP contribution < -0.4 is 10.6 Å². The molecule has 0 aromatic heterocycles. The van der Waals surface area contributed by atoms with Gasteiger partial charge in [0.25, 0.3) is 0 Å². The Morgan fingerprint density at radius 1 is 1.38 bits per heavy atom. The fraction of sp³-hybridized carbons (Fsp3) is 0.800. The van der Waals surface area contributed by atoms with E-state index in [4.69, 9.17) is 0 Å². The van der Waals surface area contributed by atoms with Crippen molar-refractivity contribution < 1.29 is 14.4 Å². The van der Waals surface area contributed by atoms with Gasteiger partial charge in [-0.05, 0) is 37.8 Å². The zero-order chi connectivity index (χ0) is 15.2. The number of hydrogen-bond acceptors (Lipinski definition) is 4. The summed E-state index contributed by atoms with van der Waals surface area (Å²) in [6, 6.07) is 0. The summed E-state index contributed by atoms with van der Waals surface area (Å²) in [5.74, 6) is 0.665. The second-order valence-corrected chi connectivity index (χ2v) is 6.08. The second-order valence-electron chi connectivity index (χ2n) is 6.08. The molecule has 2 N–H and O–H groups in total. The molecule has 0 radical (unpaired) electrons. The SMILES string of the molecule is CC(CC(=O)NCCN1C(=O)CCC1=O)C1CCCNC1. The highest BCUT2D eigenvalue weighted by atomic mass is 16.2. The quantitative estimate of drug-likeness (QED) is 0.690. The van der Waals surface area contributed by atoms with E-state index in [0.29, 0.717) is 44.2 Å². The molecule has 0 aromatic carbocycles. The Morgan fingerprint density at radius 2 is 2.10 bits per heavy atom. The molecular formula is C15H25N3O3. The van der Waals surface area contributed by atoms with E-state index in [1.807, 2.05) is 0 Å². The van der Waals surface area contributed by atoms with Gasteiger partial charge in [-0.15, -0.1) is 0 Å². The fourth-order valence-electron chi connectivity index (χ4n) is 3.08. The Bertz CT molecular complexity index is 389. The first kappa shape index (κ1) is 15.9. The summed E-state index contributed by atoms with van der Waals surface area (Å²) in [6.07, 6.45) is 3.47. The van der Waals surface area contributed by atoms with Crippen LogP contribution in [-0.4, -0.2) is 48.8 Å². The van der Waals surface area contributed by atoms with Crippen LogP contribution in [0.5, 0.6) is 0 Å². The van der Waals surface area contributed by atoms with Crippen LogP contribution in [0.25, 0.3) is 0 Å². The van der Waals surface area contributed by atoms with Gasteiger partial charge in [-0.25, -0.2) is 0 Å². The smallest absolute Gasteiger partial charge is 0.229 e. The van der Waals surface area contributed by atoms with Crippen LogP contribution in [0.4, 0.5) is 0 Å². The van der Waals surface area contributed by atoms with Crippen molar-refractivity contribution in [1.29, 1.82) is 0 Å². The van der Waals surface area contributed by atoms with Crippen LogP contribution in [0.15, 0.2) is 0 Å². The van der Waals surface area contributed by atoms with Gasteiger partial charge < -0.3 is 10.6 Å². The topological polar surface area (TPSA) is 78.5 Å². The van der Waals surface area contributed by atoms with Crippen LogP contribution >= 0.6 is 0 Å². The summed E-state index contributed by atoms with van der Waals surface area (Å²) >= 11 is 0. The maximum atomic E-state index is 11.9. The normalized spacial score (nSPS) is 24.2. The van der Waals surface area contributed by atoms with Crippen molar-refractivity contribution >= 4 is 17.7 Å². The maximum Gasteiger partial charge on any atom is 0.229 e. The summed E-state index contributed by atoms with van der Waals surface area (Å²) in [7, 11) is 0. The average Bonchev–Trinajstić information content (AvgIpc) is 2.80. The van der Waals surface area contributed by atoms with Crippen molar-refractivity contribution in [3.63, 3.8) is 0 Å². The first-order chi connectivity index (χ1) is 10.1. The van der Waals surface area contributed by atoms with Crippen LogP contribution in [0.1, 0.15) is 39.0 Å². The number of nitrogens with one attached hydrogen (secondary N) is 2. The van der Waals surface area contributed by atoms with E-state index >= 15 is 0 Å². The number of hydrogen-bond donors (Lipinski definition) is 2. The molecule has 0 saturated carbocycles. The van der Waals surface area contributed by atoms with E-state index in [9.17, 15) is 14.4 Å². The Balaban J connectivity index is 1.65. The number of likely N-dealkylation sites (tertiary alicyclic amines) is 1. The van der Waals surface area contributed by atoms with E-state index in [1.165, 1.54) is 17.7 Å². The molecule has 2 heterocycles. The third-order valence-corrected chi connectivity index (χ3v) is 4.46. The highest BCUT2D eigenvalue weighted by Crippen LogP contribution is 2.22. The molecule has 0 spiro atoms. The molecule has 21 heavy (non-hydrogen) atoms. The lowest BCUT2D eigenvalue weighted by molar-refractivity contribution is -0.138. The lowest BCUT2D eigenvalue weighted by Crippen LogP contribution is -2.39. The average molecular weight is 295 g/mol. The molecule has 0 aliphatic carbocycles. The van der Waals surface area contributed by atoms with Gasteiger partial charge >= 0.3 is 0 Å². The number of rotatable bonds is 6. The standard InChI is InChI=1S/C15H25N3O3/c1-11(12-3-2-6-16-10-12)9-13(19)17-7-8-18-14(20)4-5-15(18)21/h11-12,16H,2-10H2,1H3,(H,17,19). The third kappa shape index (κ3) is 4.52. The van der Waals surface area contributed by atoms with E-state index in [0.717, 1.165) is 13.1 Å². The highest BCUT2D eigenvalue weighted by molar-refractivity contribution is 6.01. The molecule has 2 saturated heterocycles. The molecule has 6 nitrogen and oxygen atoms in total. The van der Waals surface area contributed by atoms with E-state index < -0.39 is 0 Å². The summed E-state index contributed by atoms with van der Waals surface area (Å²) in [5.41, 5.74) is 0. The van der Waals surface area contributed by atoms with Gasteiger partial charge in [0.2, 0.25) is 17.7 Å². The van der Waals surface area contributed by atoms with Gasteiger partial charge in [0.05, 0.1) is 0 Å². The van der Waals surface area contributed by atoms with E-state index in [2.05, 4.69) is 17.6 Å². The lowest BCUT2D eigenvalue weighted by atomic mass is 9.85. The van der Waals surface area contributed by atoms with Crippen LogP contribution in [0.2, 0.25) is 0 Å². The Morgan fingerprint density at radius 3 is 2.71 bits per heavy atom. The predicted molar refractivity (Wildman–Crippen MR) is 78.3 cm³/mol. The third-order valence-electron chi connectivity index (χ3n) is 4.46. The minimum absolute atomic E-state index is 0.00664. The van der Waals surface area contributed by atoms with Crippen molar-refractivity contribution in [2.75, 3.05) is 26.2 Å². The molecule has 2 aliphatic heterocycles. The van der Waals surface area contributed by atoms with Crippen LogP contribution in [0, 0.1) is 11.8 Å². The van der Waals surface area contributed by atoms with Crippen molar-refractivity contribution in [3.8, 4) is 0 Å². The van der Waals surface area contributed by atoms with Crippen LogP contribution in [-0.2, 0) is 14.4 Å². The number of amides is 3. The van der Waals surface area contributed by atoms with Gasteiger partial charge in [-0.1, -0.05) is 6.92 Å². The molecule has 3 amide bonds. The first-order valence-corrected chi connectivity index (χ1v) is 7.88. The van der Waals surface area contributed by atoms with Crippen molar-refractivity contribution in [2.45, 2.75) is 39.0 Å². The number of nitrogens with zero attached hydrogens (tertiary/aromatic N) is 1. The Kier molecular flexibility index (Phi) is 5.73. The summed E-state index contributed by atoms with van der Waals surface area (Å²) in [6.45, 7) is 4.83. The predicted octanol–water partition coefficient (Wildman–Crippen LogP) is 0.277. The minimum Gasteiger partial charge on any atom is -0.354 e. The van der Waals surface area contributed by atoms with Crippen molar-refractivity contribution in [2.24, 2.45) is 11.8 Å². The van der Waals surface area contributed by atoms with E-state index in [1.54, 1.807) is 0 Å².